The Morgan fingerprint density at radius 2 is 1.92 bits per heavy atom. The summed E-state index contributed by atoms with van der Waals surface area (Å²) in [6.45, 7) is 6.13. The van der Waals surface area contributed by atoms with Gasteiger partial charge in [-0.2, -0.15) is 0 Å². The topological polar surface area (TPSA) is 68.0 Å². The van der Waals surface area contributed by atoms with Gasteiger partial charge in [0, 0.05) is 16.8 Å². The number of rotatable bonds is 5. The lowest BCUT2D eigenvalue weighted by Gasteiger charge is -2.10. The molecule has 0 aliphatic rings. The smallest absolute Gasteiger partial charge is 0.267 e. The second-order valence-corrected chi connectivity index (χ2v) is 7.32. The molecule has 0 aliphatic heterocycles. The van der Waals surface area contributed by atoms with Crippen LogP contribution in [-0.4, -0.2) is 10.9 Å². The number of aryl methyl sites for hydroxylation is 3. The van der Waals surface area contributed by atoms with E-state index >= 15 is 0 Å². The summed E-state index contributed by atoms with van der Waals surface area (Å²) in [5.41, 5.74) is 10.7. The molecule has 0 saturated carbocycles. The number of nitrogens with two attached hydrogens (primary N) is 1. The largest absolute Gasteiger partial charge is 0.397 e. The van der Waals surface area contributed by atoms with E-state index in [0.717, 1.165) is 52.0 Å². The van der Waals surface area contributed by atoms with E-state index in [0.29, 0.717) is 10.6 Å². The minimum atomic E-state index is -0.173. The molecule has 3 aromatic rings. The van der Waals surface area contributed by atoms with Crippen molar-refractivity contribution in [1.29, 1.82) is 0 Å². The third-order valence-corrected chi connectivity index (χ3v) is 5.48. The van der Waals surface area contributed by atoms with Crippen molar-refractivity contribution in [3.8, 4) is 0 Å². The van der Waals surface area contributed by atoms with Crippen molar-refractivity contribution in [3.63, 3.8) is 0 Å². The van der Waals surface area contributed by atoms with Crippen LogP contribution in [0.4, 0.5) is 11.4 Å². The Balaban J connectivity index is 1.92. The number of pyridine rings is 1. The van der Waals surface area contributed by atoms with E-state index in [2.05, 4.69) is 17.2 Å². The molecule has 2 heterocycles. The molecule has 130 valence electrons. The molecule has 1 aromatic carbocycles. The zero-order chi connectivity index (χ0) is 18.0. The number of amides is 1. The predicted octanol–water partition coefficient (Wildman–Crippen LogP) is 5.09. The highest BCUT2D eigenvalue weighted by Crippen LogP contribution is 2.33. The van der Waals surface area contributed by atoms with Gasteiger partial charge in [0.15, 0.2) is 0 Å². The molecule has 0 atom stereocenters. The molecular formula is C20H23N3OS. The molecule has 0 spiro atoms. The van der Waals surface area contributed by atoms with Gasteiger partial charge in [0.2, 0.25) is 0 Å². The first-order chi connectivity index (χ1) is 12.0. The number of para-hydroxylation sites is 1. The maximum atomic E-state index is 12.8. The van der Waals surface area contributed by atoms with Gasteiger partial charge in [-0.1, -0.05) is 31.5 Å². The van der Waals surface area contributed by atoms with Gasteiger partial charge in [0.1, 0.15) is 9.71 Å². The van der Waals surface area contributed by atoms with Gasteiger partial charge in [0.05, 0.1) is 5.69 Å². The lowest BCUT2D eigenvalue weighted by Crippen LogP contribution is -2.13. The van der Waals surface area contributed by atoms with E-state index < -0.39 is 0 Å². The van der Waals surface area contributed by atoms with Crippen LogP contribution in [0.25, 0.3) is 10.2 Å². The van der Waals surface area contributed by atoms with Crippen molar-refractivity contribution in [1.82, 2.24) is 4.98 Å². The van der Waals surface area contributed by atoms with E-state index in [-0.39, 0.29) is 5.91 Å². The van der Waals surface area contributed by atoms with Crippen LogP contribution in [0.2, 0.25) is 0 Å². The summed E-state index contributed by atoms with van der Waals surface area (Å²) >= 11 is 1.36. The number of fused-ring (bicyclic) bond motifs is 1. The highest BCUT2D eigenvalue weighted by atomic mass is 32.1. The summed E-state index contributed by atoms with van der Waals surface area (Å²) in [7, 11) is 0. The Hall–Kier alpha value is -2.40. The van der Waals surface area contributed by atoms with Gasteiger partial charge in [-0.05, 0) is 49.9 Å². The van der Waals surface area contributed by atoms with Crippen LogP contribution >= 0.6 is 11.3 Å². The van der Waals surface area contributed by atoms with E-state index in [9.17, 15) is 4.79 Å². The third kappa shape index (κ3) is 3.51. The number of nitrogens with zero attached hydrogens (tertiary/aromatic N) is 1. The highest BCUT2D eigenvalue weighted by molar-refractivity contribution is 7.21. The van der Waals surface area contributed by atoms with Crippen LogP contribution in [0.1, 0.15) is 46.3 Å². The molecule has 5 heteroatoms. The van der Waals surface area contributed by atoms with Crippen molar-refractivity contribution in [2.45, 2.75) is 40.0 Å². The molecule has 1 amide bonds. The number of carbonyl (C=O) groups excluding carboxylic acids is 1. The quantitative estimate of drug-likeness (QED) is 0.671. The van der Waals surface area contributed by atoms with Crippen LogP contribution in [-0.2, 0) is 6.42 Å². The predicted molar refractivity (Wildman–Crippen MR) is 107 cm³/mol. The maximum absolute atomic E-state index is 12.8. The lowest BCUT2D eigenvalue weighted by atomic mass is 10.1. The van der Waals surface area contributed by atoms with Gasteiger partial charge in [-0.3, -0.25) is 4.79 Å². The minimum absolute atomic E-state index is 0.173. The summed E-state index contributed by atoms with van der Waals surface area (Å²) in [6.07, 6.45) is 3.20. The fraction of sp³-hybridized carbons (Fsp3) is 0.300. The van der Waals surface area contributed by atoms with Crippen molar-refractivity contribution < 1.29 is 4.79 Å². The fourth-order valence-corrected chi connectivity index (χ4v) is 3.89. The van der Waals surface area contributed by atoms with E-state index in [4.69, 9.17) is 5.73 Å². The Morgan fingerprint density at radius 1 is 1.20 bits per heavy atom. The van der Waals surface area contributed by atoms with E-state index in [1.165, 1.54) is 11.3 Å². The Labute approximate surface area is 152 Å². The third-order valence-electron chi connectivity index (χ3n) is 4.36. The van der Waals surface area contributed by atoms with Crippen LogP contribution in [0.5, 0.6) is 0 Å². The Bertz CT molecular complexity index is 910. The Kier molecular flexibility index (Phi) is 5.04. The maximum Gasteiger partial charge on any atom is 0.267 e. The molecule has 0 fully saturated rings. The number of nitrogens with one attached hydrogen (secondary N) is 1. The first-order valence-electron chi connectivity index (χ1n) is 8.56. The average Bonchev–Trinajstić information content (AvgIpc) is 2.92. The molecule has 0 radical (unpaired) electrons. The van der Waals surface area contributed by atoms with Crippen molar-refractivity contribution in [2.75, 3.05) is 11.1 Å². The summed E-state index contributed by atoms with van der Waals surface area (Å²) < 4.78 is 0. The first kappa shape index (κ1) is 17.4. The van der Waals surface area contributed by atoms with Gasteiger partial charge < -0.3 is 11.1 Å². The summed E-state index contributed by atoms with van der Waals surface area (Å²) in [4.78, 5) is 18.8. The molecule has 2 aromatic heterocycles. The van der Waals surface area contributed by atoms with Gasteiger partial charge in [0.25, 0.3) is 5.91 Å². The summed E-state index contributed by atoms with van der Waals surface area (Å²) in [5, 5.41) is 3.87. The molecule has 4 nitrogen and oxygen atoms in total. The van der Waals surface area contributed by atoms with Crippen LogP contribution in [0.3, 0.4) is 0 Å². The molecular weight excluding hydrogens is 330 g/mol. The normalized spacial score (nSPS) is 11.0. The van der Waals surface area contributed by atoms with Crippen LogP contribution in [0, 0.1) is 13.8 Å². The van der Waals surface area contributed by atoms with Gasteiger partial charge in [-0.15, -0.1) is 11.3 Å². The molecule has 3 rings (SSSR count). The van der Waals surface area contributed by atoms with Crippen molar-refractivity contribution in [2.24, 2.45) is 0 Å². The zero-order valence-corrected chi connectivity index (χ0v) is 15.7. The van der Waals surface area contributed by atoms with Crippen molar-refractivity contribution >= 4 is 38.8 Å². The molecule has 0 bridgehead atoms. The first-order valence-corrected chi connectivity index (χ1v) is 9.38. The molecule has 0 aliphatic carbocycles. The minimum Gasteiger partial charge on any atom is -0.397 e. The number of nitrogen functional groups attached to an aromatic ring is 1. The standard InChI is InChI=1S/C20H23N3OS/c1-4-5-9-14-10-11-15-16(21)18(25-20(15)22-14)19(24)23-17-12(2)7-6-8-13(17)3/h6-8,10-11H,4-5,9,21H2,1-3H3,(H,23,24). The summed E-state index contributed by atoms with van der Waals surface area (Å²) in [5.74, 6) is -0.173. The number of carbonyl (C=O) groups is 1. The second-order valence-electron chi connectivity index (χ2n) is 6.32. The number of unbranched alkanes of at least 4 members (excludes halogenated alkanes) is 1. The van der Waals surface area contributed by atoms with Crippen LogP contribution < -0.4 is 11.1 Å². The van der Waals surface area contributed by atoms with Crippen molar-refractivity contribution in [3.05, 3.63) is 52.0 Å². The lowest BCUT2D eigenvalue weighted by molar-refractivity contribution is 0.103. The average molecular weight is 353 g/mol. The fourth-order valence-electron chi connectivity index (χ4n) is 2.88. The number of thiophene rings is 1. The molecule has 25 heavy (non-hydrogen) atoms. The van der Waals surface area contributed by atoms with E-state index in [1.807, 2.05) is 44.2 Å². The van der Waals surface area contributed by atoms with E-state index in [1.54, 1.807) is 0 Å². The SMILES string of the molecule is CCCCc1ccc2c(N)c(C(=O)Nc3c(C)cccc3C)sc2n1. The number of benzene rings is 1. The number of hydrogen-bond acceptors (Lipinski definition) is 4. The molecule has 0 saturated heterocycles. The van der Waals surface area contributed by atoms with Gasteiger partial charge in [-0.25, -0.2) is 4.98 Å². The number of hydrogen-bond donors (Lipinski definition) is 2. The molecule has 0 unspecified atom stereocenters. The van der Waals surface area contributed by atoms with Gasteiger partial charge >= 0.3 is 0 Å². The highest BCUT2D eigenvalue weighted by Gasteiger charge is 2.18. The number of aromatic nitrogens is 1. The Morgan fingerprint density at radius 3 is 2.60 bits per heavy atom. The second kappa shape index (κ2) is 7.23. The zero-order valence-electron chi connectivity index (χ0n) is 14.8. The van der Waals surface area contributed by atoms with Crippen LogP contribution in [0.15, 0.2) is 30.3 Å². The molecule has 3 N–H and O–H groups in total. The number of anilines is 2. The monoisotopic (exact) mass is 353 g/mol. The summed E-state index contributed by atoms with van der Waals surface area (Å²) in [6, 6.07) is 9.94.